The van der Waals surface area contributed by atoms with Gasteiger partial charge in [-0.05, 0) is 69.7 Å². The molecule has 1 aliphatic rings. The largest absolute Gasteiger partial charge is 0.506 e. The predicted octanol–water partition coefficient (Wildman–Crippen LogP) is 6.60. The number of carbonyl (C=O) groups excluding carboxylic acids is 1. The Morgan fingerprint density at radius 3 is 2.45 bits per heavy atom. The van der Waals surface area contributed by atoms with Crippen LogP contribution in [-0.2, 0) is 9.53 Å². The van der Waals surface area contributed by atoms with E-state index >= 15 is 0 Å². The van der Waals surface area contributed by atoms with E-state index < -0.39 is 5.97 Å². The van der Waals surface area contributed by atoms with Gasteiger partial charge in [0.05, 0.1) is 17.2 Å². The maximum Gasteiger partial charge on any atom is 0.344 e. The number of ether oxygens (including phenoxy) is 1. The van der Waals surface area contributed by atoms with Crippen LogP contribution in [0.25, 0.3) is 11.8 Å². The average molecular weight is 459 g/mol. The Hall–Kier alpha value is -3.51. The molecule has 168 valence electrons. The summed E-state index contributed by atoms with van der Waals surface area (Å²) in [4.78, 5) is 17.8. The lowest BCUT2D eigenvalue weighted by molar-refractivity contribution is -0.138. The maximum atomic E-state index is 12.6. The minimum absolute atomic E-state index is 0.101. The Labute approximate surface area is 198 Å². The highest BCUT2D eigenvalue weighted by Crippen LogP contribution is 2.41. The van der Waals surface area contributed by atoms with Crippen molar-refractivity contribution in [2.75, 3.05) is 6.61 Å². The molecule has 1 aliphatic heterocycles. The molecule has 0 saturated carbocycles. The van der Waals surface area contributed by atoms with Crippen LogP contribution < -0.4 is 0 Å². The molecule has 1 aromatic heterocycles. The number of rotatable bonds is 5. The number of aliphatic imine (C=N–C) groups is 1. The SMILES string of the molecule is CCOC(=O)C1=C(O)/C(=C/c2cc(C)n(-c3ccc(C)cc3)c2C)SC1=Nc1ccccc1. The highest BCUT2D eigenvalue weighted by molar-refractivity contribution is 8.18. The second-order valence-corrected chi connectivity index (χ2v) is 8.84. The molecule has 0 fully saturated rings. The smallest absolute Gasteiger partial charge is 0.344 e. The Kier molecular flexibility index (Phi) is 6.56. The second kappa shape index (κ2) is 9.55. The zero-order valence-corrected chi connectivity index (χ0v) is 19.9. The van der Waals surface area contributed by atoms with E-state index in [1.54, 1.807) is 6.92 Å². The summed E-state index contributed by atoms with van der Waals surface area (Å²) in [6.07, 6.45) is 1.90. The van der Waals surface area contributed by atoms with Crippen LogP contribution in [0.4, 0.5) is 5.69 Å². The molecule has 0 atom stereocenters. The van der Waals surface area contributed by atoms with Gasteiger partial charge in [0.1, 0.15) is 16.4 Å². The number of benzene rings is 2. The average Bonchev–Trinajstić information content (AvgIpc) is 3.25. The van der Waals surface area contributed by atoms with Gasteiger partial charge in [-0.2, -0.15) is 0 Å². The molecule has 0 radical (unpaired) electrons. The Bertz CT molecular complexity index is 1280. The second-order valence-electron chi connectivity index (χ2n) is 7.80. The third kappa shape index (κ3) is 4.66. The number of esters is 1. The van der Waals surface area contributed by atoms with Gasteiger partial charge in [0, 0.05) is 17.1 Å². The molecule has 0 unspecified atom stereocenters. The van der Waals surface area contributed by atoms with Crippen molar-refractivity contribution in [3.05, 3.63) is 99.4 Å². The van der Waals surface area contributed by atoms with Gasteiger partial charge < -0.3 is 14.4 Å². The first-order valence-electron chi connectivity index (χ1n) is 10.8. The fraction of sp³-hybridized carbons (Fsp3) is 0.185. The zero-order valence-electron chi connectivity index (χ0n) is 19.1. The summed E-state index contributed by atoms with van der Waals surface area (Å²) in [5.74, 6) is -0.682. The summed E-state index contributed by atoms with van der Waals surface area (Å²) in [5, 5.41) is 11.4. The molecule has 0 saturated heterocycles. The van der Waals surface area contributed by atoms with E-state index in [-0.39, 0.29) is 17.9 Å². The Morgan fingerprint density at radius 2 is 1.79 bits per heavy atom. The first kappa shape index (κ1) is 22.7. The molecule has 0 bridgehead atoms. The third-order valence-electron chi connectivity index (χ3n) is 5.41. The Balaban J connectivity index is 1.77. The van der Waals surface area contributed by atoms with E-state index in [0.717, 1.165) is 22.6 Å². The van der Waals surface area contributed by atoms with Crippen LogP contribution in [0.3, 0.4) is 0 Å². The number of hydrogen-bond donors (Lipinski definition) is 1. The van der Waals surface area contributed by atoms with Crippen molar-refractivity contribution in [3.63, 3.8) is 0 Å². The minimum atomic E-state index is -0.578. The number of aliphatic hydroxyl groups excluding tert-OH is 1. The van der Waals surface area contributed by atoms with E-state index in [0.29, 0.717) is 15.6 Å². The summed E-state index contributed by atoms with van der Waals surface area (Å²) >= 11 is 1.27. The van der Waals surface area contributed by atoms with Gasteiger partial charge in [0.15, 0.2) is 0 Å². The van der Waals surface area contributed by atoms with Crippen LogP contribution in [0, 0.1) is 20.8 Å². The molecular formula is C27H26N2O3S. The quantitative estimate of drug-likeness (QED) is 0.438. The fourth-order valence-corrected chi connectivity index (χ4v) is 4.80. The van der Waals surface area contributed by atoms with Crippen LogP contribution in [-0.4, -0.2) is 27.3 Å². The van der Waals surface area contributed by atoms with Crippen molar-refractivity contribution in [1.82, 2.24) is 4.57 Å². The van der Waals surface area contributed by atoms with Gasteiger partial charge in [-0.15, -0.1) is 0 Å². The van der Waals surface area contributed by atoms with Gasteiger partial charge >= 0.3 is 5.97 Å². The number of nitrogens with zero attached hydrogens (tertiary/aromatic N) is 2. The standard InChI is InChI=1S/C27H26N2O3S/c1-5-32-27(31)24-25(30)23(33-26(24)28-21-9-7-6-8-10-21)16-20-15-18(3)29(19(20)4)22-13-11-17(2)12-14-22/h6-16,30H,5H2,1-4H3/b23-16-,28-26?. The number of aryl methyl sites for hydroxylation is 2. The van der Waals surface area contributed by atoms with Gasteiger partial charge in [0.25, 0.3) is 0 Å². The van der Waals surface area contributed by atoms with Crippen molar-refractivity contribution >= 4 is 34.5 Å². The van der Waals surface area contributed by atoms with Gasteiger partial charge in [-0.3, -0.25) is 0 Å². The van der Waals surface area contributed by atoms with Crippen molar-refractivity contribution < 1.29 is 14.6 Å². The zero-order chi connectivity index (χ0) is 23.5. The normalized spacial score (nSPS) is 16.1. The van der Waals surface area contributed by atoms with Crippen molar-refractivity contribution in [1.29, 1.82) is 0 Å². The van der Waals surface area contributed by atoms with Crippen LogP contribution in [0.1, 0.15) is 29.4 Å². The summed E-state index contributed by atoms with van der Waals surface area (Å²) < 4.78 is 7.37. The predicted molar refractivity (Wildman–Crippen MR) is 135 cm³/mol. The van der Waals surface area contributed by atoms with Crippen LogP contribution in [0.5, 0.6) is 0 Å². The van der Waals surface area contributed by atoms with Crippen LogP contribution in [0.15, 0.2) is 81.9 Å². The summed E-state index contributed by atoms with van der Waals surface area (Å²) in [5.41, 5.74) is 6.18. The first-order valence-corrected chi connectivity index (χ1v) is 11.6. The Morgan fingerprint density at radius 1 is 1.09 bits per heavy atom. The summed E-state index contributed by atoms with van der Waals surface area (Å²) in [6.45, 7) is 8.12. The number of thioether (sulfide) groups is 1. The van der Waals surface area contributed by atoms with Gasteiger partial charge in [0.2, 0.25) is 0 Å². The van der Waals surface area contributed by atoms with E-state index in [9.17, 15) is 9.90 Å². The van der Waals surface area contributed by atoms with E-state index in [1.165, 1.54) is 17.3 Å². The topological polar surface area (TPSA) is 63.8 Å². The van der Waals surface area contributed by atoms with E-state index in [4.69, 9.17) is 4.74 Å². The van der Waals surface area contributed by atoms with Gasteiger partial charge in [-0.1, -0.05) is 47.7 Å². The molecule has 0 aliphatic carbocycles. The molecule has 1 N–H and O–H groups in total. The lowest BCUT2D eigenvalue weighted by atomic mass is 10.1. The maximum absolute atomic E-state index is 12.6. The van der Waals surface area contributed by atoms with E-state index in [1.807, 2.05) is 43.3 Å². The molecule has 0 spiro atoms. The van der Waals surface area contributed by atoms with Crippen molar-refractivity contribution in [2.45, 2.75) is 27.7 Å². The number of aromatic nitrogens is 1. The van der Waals surface area contributed by atoms with Crippen LogP contribution in [0.2, 0.25) is 0 Å². The molecule has 3 aromatic rings. The van der Waals surface area contributed by atoms with Crippen molar-refractivity contribution in [3.8, 4) is 5.69 Å². The molecule has 2 aromatic carbocycles. The lowest BCUT2D eigenvalue weighted by Gasteiger charge is -2.10. The summed E-state index contributed by atoms with van der Waals surface area (Å²) in [7, 11) is 0. The molecule has 0 amide bonds. The van der Waals surface area contributed by atoms with E-state index in [2.05, 4.69) is 53.7 Å². The fourth-order valence-electron chi connectivity index (χ4n) is 3.78. The van der Waals surface area contributed by atoms with Gasteiger partial charge in [-0.25, -0.2) is 9.79 Å². The lowest BCUT2D eigenvalue weighted by Crippen LogP contribution is -2.12. The van der Waals surface area contributed by atoms with Crippen LogP contribution >= 0.6 is 11.8 Å². The number of aliphatic hydroxyl groups is 1. The molecule has 4 rings (SSSR count). The molecule has 2 heterocycles. The third-order valence-corrected chi connectivity index (χ3v) is 6.43. The summed E-state index contributed by atoms with van der Waals surface area (Å²) in [6, 6.07) is 19.8. The highest BCUT2D eigenvalue weighted by Gasteiger charge is 2.33. The number of hydrogen-bond acceptors (Lipinski definition) is 5. The number of carbonyl (C=O) groups is 1. The molecular weight excluding hydrogens is 432 g/mol. The highest BCUT2D eigenvalue weighted by atomic mass is 32.2. The van der Waals surface area contributed by atoms with Crippen molar-refractivity contribution in [2.24, 2.45) is 4.99 Å². The molecule has 5 nitrogen and oxygen atoms in total. The number of para-hydroxylation sites is 1. The monoisotopic (exact) mass is 458 g/mol. The first-order chi connectivity index (χ1) is 15.9. The minimum Gasteiger partial charge on any atom is -0.506 e. The molecule has 33 heavy (non-hydrogen) atoms. The molecule has 6 heteroatoms.